The Morgan fingerprint density at radius 3 is 2.35 bits per heavy atom. The zero-order chi connectivity index (χ0) is 16.1. The third kappa shape index (κ3) is 5.27. The summed E-state index contributed by atoms with van der Waals surface area (Å²) in [6.45, 7) is 4.57. The number of nitrogens with two attached hydrogens (primary N) is 1. The van der Waals surface area contributed by atoms with Crippen LogP contribution in [0.5, 0.6) is 0 Å². The largest absolute Gasteiger partial charge is 0.350 e. The summed E-state index contributed by atoms with van der Waals surface area (Å²) in [6, 6.07) is 13.3. The van der Waals surface area contributed by atoms with Crippen LogP contribution in [0.3, 0.4) is 0 Å². The Morgan fingerprint density at radius 1 is 1.13 bits per heavy atom. The molecule has 0 saturated carbocycles. The predicted octanol–water partition coefficient (Wildman–Crippen LogP) is 3.76. The lowest BCUT2D eigenvalue weighted by molar-refractivity contribution is -0.122. The monoisotopic (exact) mass is 350 g/mol. The normalized spacial score (nSPS) is 11.5. The highest BCUT2D eigenvalue weighted by atomic mass is 35.5. The van der Waals surface area contributed by atoms with Crippen LogP contribution in [-0.2, 0) is 11.3 Å². The number of rotatable bonds is 5. The topological polar surface area (TPSA) is 55.1 Å². The second kappa shape index (κ2) is 8.96. The van der Waals surface area contributed by atoms with Crippen LogP contribution >= 0.6 is 24.2 Å². The van der Waals surface area contributed by atoms with E-state index in [2.05, 4.69) is 30.4 Å². The summed E-state index contributed by atoms with van der Waals surface area (Å²) < 4.78 is 0. The van der Waals surface area contributed by atoms with E-state index in [1.165, 1.54) is 10.5 Å². The lowest BCUT2D eigenvalue weighted by atomic mass is 10.1. The van der Waals surface area contributed by atoms with Crippen molar-refractivity contribution >= 4 is 30.1 Å². The number of halogens is 1. The molecule has 0 spiro atoms. The van der Waals surface area contributed by atoms with Crippen LogP contribution in [0.25, 0.3) is 0 Å². The molecule has 1 atom stereocenters. The summed E-state index contributed by atoms with van der Waals surface area (Å²) >= 11 is 1.69. The Morgan fingerprint density at radius 2 is 1.74 bits per heavy atom. The average Bonchev–Trinajstić information content (AvgIpc) is 2.53. The predicted molar refractivity (Wildman–Crippen MR) is 100 cm³/mol. The Bertz CT molecular complexity index is 659. The molecule has 2 aromatic rings. The zero-order valence-electron chi connectivity index (χ0n) is 13.6. The summed E-state index contributed by atoms with van der Waals surface area (Å²) in [7, 11) is 0. The van der Waals surface area contributed by atoms with Crippen LogP contribution in [0, 0.1) is 13.8 Å². The molecule has 23 heavy (non-hydrogen) atoms. The van der Waals surface area contributed by atoms with E-state index >= 15 is 0 Å². The van der Waals surface area contributed by atoms with Crippen molar-refractivity contribution in [2.24, 2.45) is 5.73 Å². The number of hydrogen-bond donors (Lipinski definition) is 2. The van der Waals surface area contributed by atoms with E-state index in [4.69, 9.17) is 5.73 Å². The van der Waals surface area contributed by atoms with Gasteiger partial charge in [-0.1, -0.05) is 42.0 Å². The standard InChI is InChI=1S/C18H22N2OS.ClH/c1-12-4-7-14(8-5-12)17(19)18(21)20-11-15-9-6-13(2)10-16(15)22-3;/h4-10,17H,11,19H2,1-3H3,(H,20,21);1H. The van der Waals surface area contributed by atoms with Crippen LogP contribution in [-0.4, -0.2) is 12.2 Å². The number of carbonyl (C=O) groups excluding carboxylic acids is 1. The minimum atomic E-state index is -0.635. The molecular formula is C18H23ClN2OS. The van der Waals surface area contributed by atoms with Gasteiger partial charge in [0, 0.05) is 11.4 Å². The highest BCUT2D eigenvalue weighted by molar-refractivity contribution is 7.98. The maximum atomic E-state index is 12.2. The average molecular weight is 351 g/mol. The summed E-state index contributed by atoms with van der Waals surface area (Å²) in [5.74, 6) is -0.156. The molecular weight excluding hydrogens is 328 g/mol. The number of benzene rings is 2. The van der Waals surface area contributed by atoms with Crippen molar-refractivity contribution in [3.63, 3.8) is 0 Å². The van der Waals surface area contributed by atoms with Gasteiger partial charge in [0.25, 0.3) is 0 Å². The van der Waals surface area contributed by atoms with Gasteiger partial charge in [0.05, 0.1) is 0 Å². The first-order valence-electron chi connectivity index (χ1n) is 7.24. The number of hydrogen-bond acceptors (Lipinski definition) is 3. The number of carbonyl (C=O) groups is 1. The molecule has 124 valence electrons. The lowest BCUT2D eigenvalue weighted by Gasteiger charge is -2.14. The molecule has 0 heterocycles. The highest BCUT2D eigenvalue weighted by Crippen LogP contribution is 2.22. The van der Waals surface area contributed by atoms with E-state index in [-0.39, 0.29) is 18.3 Å². The Hall–Kier alpha value is -1.49. The molecule has 1 unspecified atom stereocenters. The van der Waals surface area contributed by atoms with Gasteiger partial charge in [-0.05, 0) is 42.9 Å². The fourth-order valence-electron chi connectivity index (χ4n) is 2.22. The third-order valence-electron chi connectivity index (χ3n) is 3.61. The summed E-state index contributed by atoms with van der Waals surface area (Å²) in [5, 5.41) is 2.93. The van der Waals surface area contributed by atoms with Crippen LogP contribution in [0.15, 0.2) is 47.4 Å². The molecule has 3 nitrogen and oxygen atoms in total. The summed E-state index contributed by atoms with van der Waals surface area (Å²) in [5.41, 5.74) is 10.3. The highest BCUT2D eigenvalue weighted by Gasteiger charge is 2.15. The van der Waals surface area contributed by atoms with Crippen LogP contribution in [0.1, 0.15) is 28.3 Å². The van der Waals surface area contributed by atoms with E-state index in [0.717, 1.165) is 16.7 Å². The molecule has 1 amide bonds. The molecule has 3 N–H and O–H groups in total. The molecule has 0 aliphatic carbocycles. The smallest absolute Gasteiger partial charge is 0.241 e. The second-order valence-corrected chi connectivity index (χ2v) is 6.27. The van der Waals surface area contributed by atoms with Crippen molar-refractivity contribution in [3.05, 3.63) is 64.7 Å². The van der Waals surface area contributed by atoms with E-state index in [1.807, 2.05) is 37.4 Å². The first kappa shape index (κ1) is 19.6. The fourth-order valence-corrected chi connectivity index (χ4v) is 2.92. The van der Waals surface area contributed by atoms with Gasteiger partial charge in [-0.15, -0.1) is 24.2 Å². The molecule has 0 aliphatic rings. The van der Waals surface area contributed by atoms with Gasteiger partial charge in [-0.2, -0.15) is 0 Å². The van der Waals surface area contributed by atoms with Crippen molar-refractivity contribution in [3.8, 4) is 0 Å². The minimum Gasteiger partial charge on any atom is -0.350 e. The first-order chi connectivity index (χ1) is 10.5. The number of thioether (sulfide) groups is 1. The van der Waals surface area contributed by atoms with E-state index < -0.39 is 6.04 Å². The molecule has 0 radical (unpaired) electrons. The quantitative estimate of drug-likeness (QED) is 0.807. The zero-order valence-corrected chi connectivity index (χ0v) is 15.3. The van der Waals surface area contributed by atoms with Gasteiger partial charge in [0.2, 0.25) is 5.91 Å². The maximum absolute atomic E-state index is 12.2. The van der Waals surface area contributed by atoms with Crippen LogP contribution in [0.2, 0.25) is 0 Å². The molecule has 0 aromatic heterocycles. The van der Waals surface area contributed by atoms with Gasteiger partial charge >= 0.3 is 0 Å². The van der Waals surface area contributed by atoms with Gasteiger partial charge < -0.3 is 11.1 Å². The third-order valence-corrected chi connectivity index (χ3v) is 4.43. The number of nitrogens with one attached hydrogen (secondary N) is 1. The van der Waals surface area contributed by atoms with E-state index in [9.17, 15) is 4.79 Å². The number of aryl methyl sites for hydroxylation is 2. The first-order valence-corrected chi connectivity index (χ1v) is 8.47. The molecule has 0 saturated heterocycles. The summed E-state index contributed by atoms with van der Waals surface area (Å²) in [6.07, 6.45) is 2.04. The Kier molecular flexibility index (Phi) is 7.62. The van der Waals surface area contributed by atoms with Crippen molar-refractivity contribution in [1.82, 2.24) is 5.32 Å². The molecule has 2 aromatic carbocycles. The van der Waals surface area contributed by atoms with Crippen molar-refractivity contribution in [2.75, 3.05) is 6.26 Å². The van der Waals surface area contributed by atoms with Gasteiger partial charge in [-0.3, -0.25) is 4.79 Å². The second-order valence-electron chi connectivity index (χ2n) is 5.42. The van der Waals surface area contributed by atoms with E-state index in [1.54, 1.807) is 11.8 Å². The molecule has 0 bridgehead atoms. The molecule has 0 fully saturated rings. The van der Waals surface area contributed by atoms with E-state index in [0.29, 0.717) is 6.54 Å². The molecule has 5 heteroatoms. The van der Waals surface area contributed by atoms with Crippen LogP contribution < -0.4 is 11.1 Å². The van der Waals surface area contributed by atoms with Gasteiger partial charge in [0.15, 0.2) is 0 Å². The maximum Gasteiger partial charge on any atom is 0.241 e. The fraction of sp³-hybridized carbons (Fsp3) is 0.278. The number of amides is 1. The SMILES string of the molecule is CSc1cc(C)ccc1CNC(=O)C(N)c1ccc(C)cc1.Cl. The van der Waals surface area contributed by atoms with Gasteiger partial charge in [0.1, 0.15) is 6.04 Å². The summed E-state index contributed by atoms with van der Waals surface area (Å²) in [4.78, 5) is 13.4. The molecule has 2 rings (SSSR count). The van der Waals surface area contributed by atoms with Crippen molar-refractivity contribution in [1.29, 1.82) is 0 Å². The Balaban J connectivity index is 0.00000264. The minimum absolute atomic E-state index is 0. The van der Waals surface area contributed by atoms with Gasteiger partial charge in [-0.25, -0.2) is 0 Å². The Labute approximate surface area is 148 Å². The van der Waals surface area contributed by atoms with Crippen molar-refractivity contribution in [2.45, 2.75) is 31.3 Å². The van der Waals surface area contributed by atoms with Crippen molar-refractivity contribution < 1.29 is 4.79 Å². The van der Waals surface area contributed by atoms with Crippen LogP contribution in [0.4, 0.5) is 0 Å². The lowest BCUT2D eigenvalue weighted by Crippen LogP contribution is -2.33. The molecule has 0 aliphatic heterocycles.